The predicted octanol–water partition coefficient (Wildman–Crippen LogP) is -2.54. The van der Waals surface area contributed by atoms with E-state index in [1.165, 1.54) is 12.5 Å². The Morgan fingerprint density at radius 1 is 0.553 bits per heavy atom. The summed E-state index contributed by atoms with van der Waals surface area (Å²) in [5, 5.41) is 161. The molecule has 0 spiro atoms. The van der Waals surface area contributed by atoms with Crippen LogP contribution in [0.3, 0.4) is 0 Å². The highest BCUT2D eigenvalue weighted by Crippen LogP contribution is 2.76. The van der Waals surface area contributed by atoms with Gasteiger partial charge in [0.05, 0.1) is 44.1 Å². The number of carbonyl (C=O) groups is 1. The molecule has 488 valence electrons. The lowest BCUT2D eigenvalue weighted by atomic mass is 9.33. The Kier molecular flexibility index (Phi) is 19.0. The molecule has 0 amide bonds. The van der Waals surface area contributed by atoms with Crippen LogP contribution in [0.4, 0.5) is 0 Å². The van der Waals surface area contributed by atoms with E-state index in [4.69, 9.17) is 47.4 Å². The van der Waals surface area contributed by atoms with Gasteiger partial charge in [0.1, 0.15) is 110 Å². The van der Waals surface area contributed by atoms with E-state index in [2.05, 4.69) is 54.5 Å². The molecule has 0 aromatic carbocycles. The summed E-state index contributed by atoms with van der Waals surface area (Å²) < 4.78 is 59.4. The second-order valence-corrected chi connectivity index (χ2v) is 28.7. The average Bonchev–Trinajstić information content (AvgIpc) is 0.705. The lowest BCUT2D eigenvalue weighted by Gasteiger charge is -2.71. The summed E-state index contributed by atoms with van der Waals surface area (Å²) in [5.74, 6) is -0.520. The predicted molar refractivity (Wildman–Crippen MR) is 288 cm³/mol. The van der Waals surface area contributed by atoms with Gasteiger partial charge in [-0.25, -0.2) is 0 Å². The van der Waals surface area contributed by atoms with Gasteiger partial charge in [-0.05, 0) is 116 Å². The second kappa shape index (κ2) is 24.4. The fraction of sp³-hybridized carbons (Fsp3) is 0.949. The molecule has 10 aliphatic rings. The van der Waals surface area contributed by atoms with Gasteiger partial charge in [-0.15, -0.1) is 0 Å². The number of aliphatic hydroxyl groups is 15. The molecular formula is C59H96O26. The minimum atomic E-state index is -1.89. The molecule has 26 nitrogen and oxygen atoms in total. The van der Waals surface area contributed by atoms with Crippen molar-refractivity contribution in [3.8, 4) is 0 Å². The van der Waals surface area contributed by atoms with E-state index in [1.807, 2.05) is 0 Å². The second-order valence-electron chi connectivity index (χ2n) is 28.7. The smallest absolute Gasteiger partial charge is 0.315 e. The molecule has 10 rings (SSSR count). The van der Waals surface area contributed by atoms with Crippen molar-refractivity contribution >= 4 is 5.97 Å². The first-order chi connectivity index (χ1) is 39.8. The first kappa shape index (κ1) is 66.2. The molecule has 5 aliphatic carbocycles. The molecule has 0 aromatic rings. The van der Waals surface area contributed by atoms with Gasteiger partial charge in [0.25, 0.3) is 0 Å². The molecule has 4 saturated carbocycles. The molecule has 85 heavy (non-hydrogen) atoms. The Bertz CT molecular complexity index is 2360. The van der Waals surface area contributed by atoms with Crippen LogP contribution in [-0.2, 0) is 52.2 Å². The van der Waals surface area contributed by atoms with Crippen molar-refractivity contribution in [2.45, 2.75) is 273 Å². The van der Waals surface area contributed by atoms with E-state index in [0.29, 0.717) is 38.5 Å². The number of hydrogen-bond donors (Lipinski definition) is 15. The van der Waals surface area contributed by atoms with Gasteiger partial charge in [-0.1, -0.05) is 60.1 Å². The summed E-state index contributed by atoms with van der Waals surface area (Å²) in [6.07, 6.45) is -29.5. The van der Waals surface area contributed by atoms with Gasteiger partial charge in [0.15, 0.2) is 25.2 Å². The largest absolute Gasteiger partial charge is 0.432 e. The third-order valence-corrected chi connectivity index (χ3v) is 23.1. The lowest BCUT2D eigenvalue weighted by molar-refractivity contribution is -0.367. The fourth-order valence-electron chi connectivity index (χ4n) is 17.6. The Morgan fingerprint density at radius 2 is 1.13 bits per heavy atom. The Labute approximate surface area is 494 Å². The third-order valence-electron chi connectivity index (χ3n) is 23.1. The first-order valence-corrected chi connectivity index (χ1v) is 30.6. The van der Waals surface area contributed by atoms with Crippen LogP contribution in [0.5, 0.6) is 0 Å². The normalized spacial score (nSPS) is 54.1. The quantitative estimate of drug-likeness (QED) is 0.0513. The minimum absolute atomic E-state index is 0.141. The van der Waals surface area contributed by atoms with E-state index in [-0.39, 0.29) is 46.0 Å². The maximum Gasteiger partial charge on any atom is 0.315 e. The SMILES string of the molecule is CC1OC(OC2C(CO)OC(OCC3OC(OC(=O)C45CCC(C)(C)CC4C4=CCC6C7(C)CCC(OC8OCC(O)C(O)C8OC8OC(CO)C(O)C(O)C8O)C(C)(C)C7CCC6(C)C4(C)CC5)C(O)C(O)C3O)C(O)C2O)C(O)C(O)C1O. The van der Waals surface area contributed by atoms with Gasteiger partial charge >= 0.3 is 5.97 Å². The number of allylic oxidation sites excluding steroid dienone is 2. The van der Waals surface area contributed by atoms with Crippen molar-refractivity contribution in [2.75, 3.05) is 26.4 Å². The van der Waals surface area contributed by atoms with Gasteiger partial charge in [-0.2, -0.15) is 0 Å². The molecule has 26 heteroatoms. The molecular weight excluding hydrogens is 1120 g/mol. The number of rotatable bonds is 13. The number of hydrogen-bond acceptors (Lipinski definition) is 26. The van der Waals surface area contributed by atoms with Crippen LogP contribution in [0.1, 0.15) is 120 Å². The van der Waals surface area contributed by atoms with E-state index >= 15 is 4.79 Å². The van der Waals surface area contributed by atoms with Crippen LogP contribution in [0, 0.1) is 50.2 Å². The van der Waals surface area contributed by atoms with E-state index in [0.717, 1.165) is 25.7 Å². The maximum absolute atomic E-state index is 15.2. The van der Waals surface area contributed by atoms with Gasteiger partial charge < -0.3 is 124 Å². The maximum atomic E-state index is 15.2. The van der Waals surface area contributed by atoms with Crippen molar-refractivity contribution < 1.29 is 129 Å². The number of carbonyl (C=O) groups excluding carboxylic acids is 1. The summed E-state index contributed by atoms with van der Waals surface area (Å²) in [6.45, 7) is 15.0. The fourth-order valence-corrected chi connectivity index (χ4v) is 17.6. The minimum Gasteiger partial charge on any atom is -0.432 e. The van der Waals surface area contributed by atoms with Crippen molar-refractivity contribution in [1.29, 1.82) is 0 Å². The summed E-state index contributed by atoms with van der Waals surface area (Å²) >= 11 is 0. The molecule has 32 atom stereocenters. The zero-order chi connectivity index (χ0) is 62.0. The number of esters is 1. The molecule has 32 unspecified atom stereocenters. The summed E-state index contributed by atoms with van der Waals surface area (Å²) in [7, 11) is 0. The van der Waals surface area contributed by atoms with Crippen LogP contribution in [0.2, 0.25) is 0 Å². The van der Waals surface area contributed by atoms with Crippen LogP contribution in [0.25, 0.3) is 0 Å². The zero-order valence-corrected chi connectivity index (χ0v) is 49.8. The Hall–Kier alpha value is -1.75. The molecule has 5 heterocycles. The summed E-state index contributed by atoms with van der Waals surface area (Å²) in [4.78, 5) is 15.2. The number of fused-ring (bicyclic) bond motifs is 7. The topological polar surface area (TPSA) is 413 Å². The van der Waals surface area contributed by atoms with Crippen molar-refractivity contribution in [1.82, 2.24) is 0 Å². The highest BCUT2D eigenvalue weighted by Gasteiger charge is 2.70. The van der Waals surface area contributed by atoms with Crippen LogP contribution in [0.15, 0.2) is 11.6 Å². The summed E-state index contributed by atoms with van der Waals surface area (Å²) in [5.41, 5.74) is -1.25. The highest BCUT2D eigenvalue weighted by molar-refractivity contribution is 5.79. The van der Waals surface area contributed by atoms with Gasteiger partial charge in [-0.3, -0.25) is 4.79 Å². The van der Waals surface area contributed by atoms with E-state index in [1.54, 1.807) is 0 Å². The van der Waals surface area contributed by atoms with Crippen LogP contribution >= 0.6 is 0 Å². The van der Waals surface area contributed by atoms with Crippen LogP contribution in [-0.4, -0.2) is 263 Å². The average molecular weight is 1220 g/mol. The number of ether oxygens (including phenoxy) is 10. The Morgan fingerprint density at radius 3 is 1.80 bits per heavy atom. The van der Waals surface area contributed by atoms with Crippen molar-refractivity contribution in [3.05, 3.63) is 11.6 Å². The van der Waals surface area contributed by atoms with Gasteiger partial charge in [0, 0.05) is 0 Å². The monoisotopic (exact) mass is 1220 g/mol. The van der Waals surface area contributed by atoms with Gasteiger partial charge in [0.2, 0.25) is 6.29 Å². The summed E-state index contributed by atoms with van der Waals surface area (Å²) in [6, 6.07) is 0. The number of aliphatic hydroxyl groups excluding tert-OH is 15. The molecule has 9 fully saturated rings. The van der Waals surface area contributed by atoms with E-state index < -0.39 is 190 Å². The standard InChI is InChI=1S/C59H96O26/c1-24-34(63)38(67)42(71)49(78-24)83-46-29(21-61)80-48(45(74)41(46)70)77-23-30-37(66)40(69)44(73)51(81-30)85-53(75)59-17-15-54(2,3)19-26(59)25-9-10-32-56(6)13-12-33(55(4,5)31(56)11-14-58(32,8)57(25,7)16-18-59)82-52-47(35(64)27(62)22-76-52)84-50-43(72)39(68)36(65)28(20-60)79-50/h9,24,26-52,60-74H,10-23H2,1-8H3. The van der Waals surface area contributed by atoms with Crippen molar-refractivity contribution in [3.63, 3.8) is 0 Å². The molecule has 0 bridgehead atoms. The van der Waals surface area contributed by atoms with Crippen LogP contribution < -0.4 is 0 Å². The molecule has 15 N–H and O–H groups in total. The highest BCUT2D eigenvalue weighted by atomic mass is 16.8. The molecule has 5 aliphatic heterocycles. The van der Waals surface area contributed by atoms with E-state index in [9.17, 15) is 76.6 Å². The molecule has 0 aromatic heterocycles. The first-order valence-electron chi connectivity index (χ1n) is 30.6. The lowest BCUT2D eigenvalue weighted by Crippen LogP contribution is -2.66. The zero-order valence-electron chi connectivity index (χ0n) is 49.8. The third kappa shape index (κ3) is 11.2. The van der Waals surface area contributed by atoms with Crippen molar-refractivity contribution in [2.24, 2.45) is 50.2 Å². The Balaban J connectivity index is 0.824. The molecule has 5 saturated heterocycles. The molecule has 0 radical (unpaired) electrons.